The number of rotatable bonds is 2. The molecule has 0 saturated heterocycles. The Balaban J connectivity index is 1.94. The molecule has 2 aromatic rings. The summed E-state index contributed by atoms with van der Waals surface area (Å²) < 4.78 is 5.21. The molecule has 1 aliphatic carbocycles. The number of methoxy groups -OCH3 is 1. The van der Waals surface area contributed by atoms with Gasteiger partial charge in [0.05, 0.1) is 12.8 Å². The quantitative estimate of drug-likeness (QED) is 0.902. The molecule has 2 N–H and O–H groups in total. The van der Waals surface area contributed by atoms with Crippen molar-refractivity contribution in [1.82, 2.24) is 4.98 Å². The summed E-state index contributed by atoms with van der Waals surface area (Å²) in [6.45, 7) is 0. The summed E-state index contributed by atoms with van der Waals surface area (Å²) in [6, 6.07) is 10.3. The average molecular weight is 260 g/mol. The lowest BCUT2D eigenvalue weighted by atomic mass is 9.79. The number of hydrogen-bond acceptors (Lipinski definition) is 4. The van der Waals surface area contributed by atoms with E-state index in [1.165, 1.54) is 10.4 Å². The fourth-order valence-corrected chi connectivity index (χ4v) is 3.56. The number of hydrogen-bond donors (Lipinski definition) is 1. The number of aryl methyl sites for hydroxylation is 1. The number of nitrogens with two attached hydrogens (primary N) is 1. The van der Waals surface area contributed by atoms with Gasteiger partial charge in [0.25, 0.3) is 5.19 Å². The summed E-state index contributed by atoms with van der Waals surface area (Å²) >= 11 is 1.62. The molecule has 0 aliphatic heterocycles. The first-order valence-corrected chi connectivity index (χ1v) is 6.90. The van der Waals surface area contributed by atoms with Gasteiger partial charge in [-0.2, -0.15) is 0 Å². The largest absolute Gasteiger partial charge is 0.473 e. The minimum absolute atomic E-state index is 0.258. The van der Waals surface area contributed by atoms with E-state index in [1.54, 1.807) is 18.4 Å². The molecule has 94 valence electrons. The van der Waals surface area contributed by atoms with E-state index in [0.717, 1.165) is 30.2 Å². The second kappa shape index (κ2) is 4.37. The lowest BCUT2D eigenvalue weighted by molar-refractivity contribution is 0.382. The molecule has 3 rings (SSSR count). The minimum Gasteiger partial charge on any atom is -0.473 e. The maximum Gasteiger partial charge on any atom is 0.273 e. The summed E-state index contributed by atoms with van der Waals surface area (Å²) in [4.78, 5) is 5.74. The molecular formula is C14H16N2OS. The Morgan fingerprint density at radius 2 is 2.11 bits per heavy atom. The molecular weight excluding hydrogens is 244 g/mol. The van der Waals surface area contributed by atoms with E-state index in [4.69, 9.17) is 10.5 Å². The second-order valence-electron chi connectivity index (χ2n) is 4.75. The van der Waals surface area contributed by atoms with E-state index in [2.05, 4.69) is 17.1 Å². The fraction of sp³-hybridized carbons (Fsp3) is 0.357. The Hall–Kier alpha value is -1.39. The Morgan fingerprint density at radius 3 is 2.83 bits per heavy atom. The van der Waals surface area contributed by atoms with Crippen LogP contribution in [0.25, 0.3) is 0 Å². The fourth-order valence-electron chi connectivity index (χ4n) is 2.51. The van der Waals surface area contributed by atoms with Gasteiger partial charge in [0.2, 0.25) is 0 Å². The third-order valence-electron chi connectivity index (χ3n) is 3.57. The van der Waals surface area contributed by atoms with E-state index in [-0.39, 0.29) is 5.54 Å². The predicted molar refractivity (Wildman–Crippen MR) is 73.0 cm³/mol. The van der Waals surface area contributed by atoms with Crippen molar-refractivity contribution in [2.45, 2.75) is 24.8 Å². The van der Waals surface area contributed by atoms with Gasteiger partial charge < -0.3 is 10.5 Å². The Morgan fingerprint density at radius 1 is 1.33 bits per heavy atom. The van der Waals surface area contributed by atoms with Crippen molar-refractivity contribution in [3.05, 3.63) is 46.5 Å². The molecule has 1 aliphatic rings. The molecule has 3 nitrogen and oxygen atoms in total. The molecule has 0 amide bonds. The summed E-state index contributed by atoms with van der Waals surface area (Å²) in [5.74, 6) is 0. The van der Waals surface area contributed by atoms with E-state index in [9.17, 15) is 0 Å². The highest BCUT2D eigenvalue weighted by molar-refractivity contribution is 7.13. The molecule has 4 heteroatoms. The first kappa shape index (κ1) is 11.7. The molecule has 0 spiro atoms. The monoisotopic (exact) mass is 260 g/mol. The third-order valence-corrected chi connectivity index (χ3v) is 4.62. The summed E-state index contributed by atoms with van der Waals surface area (Å²) in [6.07, 6.45) is 2.73. The average Bonchev–Trinajstić information content (AvgIpc) is 2.81. The van der Waals surface area contributed by atoms with Crippen LogP contribution in [0.1, 0.15) is 22.6 Å². The molecule has 1 unspecified atom stereocenters. The summed E-state index contributed by atoms with van der Waals surface area (Å²) in [7, 11) is 1.66. The maximum absolute atomic E-state index is 6.58. The highest BCUT2D eigenvalue weighted by Crippen LogP contribution is 2.38. The summed E-state index contributed by atoms with van der Waals surface area (Å²) in [5.41, 5.74) is 8.70. The summed E-state index contributed by atoms with van der Waals surface area (Å²) in [5, 5.41) is 0.748. The van der Waals surface area contributed by atoms with Crippen molar-refractivity contribution in [2.75, 3.05) is 7.11 Å². The molecule has 0 bridgehead atoms. The SMILES string of the molecule is COc1nc2c(s1)CC(N)(c1ccccc1)CC2. The lowest BCUT2D eigenvalue weighted by Crippen LogP contribution is -2.41. The zero-order valence-electron chi connectivity index (χ0n) is 10.3. The molecule has 18 heavy (non-hydrogen) atoms. The highest BCUT2D eigenvalue weighted by Gasteiger charge is 2.34. The van der Waals surface area contributed by atoms with Gasteiger partial charge in [-0.15, -0.1) is 0 Å². The van der Waals surface area contributed by atoms with Gasteiger partial charge in [0.1, 0.15) is 0 Å². The Labute approximate surface area is 111 Å². The number of nitrogens with zero attached hydrogens (tertiary/aromatic N) is 1. The zero-order valence-corrected chi connectivity index (χ0v) is 11.2. The highest BCUT2D eigenvalue weighted by atomic mass is 32.1. The molecule has 0 saturated carbocycles. The van der Waals surface area contributed by atoms with Crippen molar-refractivity contribution < 1.29 is 4.74 Å². The first-order chi connectivity index (χ1) is 8.71. The van der Waals surface area contributed by atoms with Gasteiger partial charge in [-0.1, -0.05) is 41.7 Å². The standard InChI is InChI=1S/C14H16N2OS/c1-17-13-16-11-7-8-14(15,9-12(11)18-13)10-5-3-2-4-6-10/h2-6H,7-9,15H2,1H3. The van der Waals surface area contributed by atoms with Gasteiger partial charge in [-0.05, 0) is 18.4 Å². The lowest BCUT2D eigenvalue weighted by Gasteiger charge is -2.33. The smallest absolute Gasteiger partial charge is 0.273 e. The van der Waals surface area contributed by atoms with Crippen molar-refractivity contribution in [1.29, 1.82) is 0 Å². The van der Waals surface area contributed by atoms with Crippen LogP contribution in [0, 0.1) is 0 Å². The second-order valence-corrected chi connectivity index (χ2v) is 5.80. The van der Waals surface area contributed by atoms with Crippen molar-refractivity contribution in [2.24, 2.45) is 5.73 Å². The minimum atomic E-state index is -0.258. The van der Waals surface area contributed by atoms with Crippen molar-refractivity contribution >= 4 is 11.3 Å². The van der Waals surface area contributed by atoms with E-state index in [0.29, 0.717) is 0 Å². The van der Waals surface area contributed by atoms with Crippen LogP contribution in [0.2, 0.25) is 0 Å². The van der Waals surface area contributed by atoms with Crippen LogP contribution in [0.4, 0.5) is 0 Å². The Bertz CT molecular complexity index is 552. The molecule has 0 fully saturated rings. The van der Waals surface area contributed by atoms with E-state index in [1.807, 2.05) is 18.2 Å². The Kier molecular flexibility index (Phi) is 2.84. The van der Waals surface area contributed by atoms with Crippen LogP contribution in [0.15, 0.2) is 30.3 Å². The molecule has 1 aromatic carbocycles. The van der Waals surface area contributed by atoms with Gasteiger partial charge in [-0.3, -0.25) is 0 Å². The van der Waals surface area contributed by atoms with Crippen molar-refractivity contribution in [3.8, 4) is 5.19 Å². The first-order valence-electron chi connectivity index (χ1n) is 6.08. The van der Waals surface area contributed by atoms with Gasteiger partial charge in [-0.25, -0.2) is 4.98 Å². The maximum atomic E-state index is 6.58. The topological polar surface area (TPSA) is 48.1 Å². The number of benzene rings is 1. The number of thiazole rings is 1. The van der Waals surface area contributed by atoms with Crippen LogP contribution >= 0.6 is 11.3 Å². The van der Waals surface area contributed by atoms with Gasteiger partial charge in [0, 0.05) is 16.8 Å². The van der Waals surface area contributed by atoms with E-state index >= 15 is 0 Å². The number of ether oxygens (including phenoxy) is 1. The third kappa shape index (κ3) is 1.91. The van der Waals surface area contributed by atoms with Crippen LogP contribution in [-0.4, -0.2) is 12.1 Å². The number of aromatic nitrogens is 1. The molecule has 1 heterocycles. The van der Waals surface area contributed by atoms with Gasteiger partial charge in [0.15, 0.2) is 0 Å². The van der Waals surface area contributed by atoms with Crippen molar-refractivity contribution in [3.63, 3.8) is 0 Å². The van der Waals surface area contributed by atoms with Crippen LogP contribution < -0.4 is 10.5 Å². The normalized spacial score (nSPS) is 22.6. The molecule has 0 radical (unpaired) electrons. The predicted octanol–water partition coefficient (Wildman–Crippen LogP) is 2.49. The molecule has 1 aromatic heterocycles. The van der Waals surface area contributed by atoms with Crippen LogP contribution in [0.3, 0.4) is 0 Å². The van der Waals surface area contributed by atoms with E-state index < -0.39 is 0 Å². The molecule has 1 atom stereocenters. The van der Waals surface area contributed by atoms with Gasteiger partial charge >= 0.3 is 0 Å². The zero-order chi connectivity index (χ0) is 12.6. The van der Waals surface area contributed by atoms with Crippen LogP contribution in [-0.2, 0) is 18.4 Å². The van der Waals surface area contributed by atoms with Crippen LogP contribution in [0.5, 0.6) is 5.19 Å². The number of fused-ring (bicyclic) bond motifs is 1.